The average molecular weight is 440 g/mol. The van der Waals surface area contributed by atoms with Crippen molar-refractivity contribution in [2.45, 2.75) is 52.4 Å². The Morgan fingerprint density at radius 2 is 1.69 bits per heavy atom. The lowest BCUT2D eigenvalue weighted by Gasteiger charge is -2.39. The molecule has 1 aromatic heterocycles. The van der Waals surface area contributed by atoms with Crippen LogP contribution in [-0.2, 0) is 10.2 Å². The SMILES string of the molecule is CC(C)CN(CC(C)C)c1ccc(C2(C(=O)O)CCC2)cc1NC(=O)Nc1cncnc1. The van der Waals surface area contributed by atoms with Crippen molar-refractivity contribution in [2.24, 2.45) is 11.8 Å². The molecule has 0 spiro atoms. The number of nitrogens with one attached hydrogen (secondary N) is 2. The molecule has 2 amide bonds. The molecule has 0 radical (unpaired) electrons. The molecule has 32 heavy (non-hydrogen) atoms. The summed E-state index contributed by atoms with van der Waals surface area (Å²) in [6.45, 7) is 10.3. The van der Waals surface area contributed by atoms with Gasteiger partial charge in [0.05, 0.1) is 34.9 Å². The van der Waals surface area contributed by atoms with E-state index in [0.717, 1.165) is 30.8 Å². The topological polar surface area (TPSA) is 107 Å². The summed E-state index contributed by atoms with van der Waals surface area (Å²) in [7, 11) is 0. The Labute approximate surface area is 189 Å². The predicted molar refractivity (Wildman–Crippen MR) is 126 cm³/mol. The summed E-state index contributed by atoms with van der Waals surface area (Å²) in [5.74, 6) is 0.0386. The van der Waals surface area contributed by atoms with Crippen molar-refractivity contribution in [3.8, 4) is 0 Å². The number of urea groups is 1. The largest absolute Gasteiger partial charge is 0.481 e. The molecule has 1 fully saturated rings. The lowest BCUT2D eigenvalue weighted by atomic mass is 9.64. The number of aromatic nitrogens is 2. The van der Waals surface area contributed by atoms with Gasteiger partial charge < -0.3 is 20.6 Å². The highest BCUT2D eigenvalue weighted by molar-refractivity contribution is 6.02. The number of benzene rings is 1. The maximum absolute atomic E-state index is 12.8. The minimum Gasteiger partial charge on any atom is -0.481 e. The van der Waals surface area contributed by atoms with Gasteiger partial charge in [0.1, 0.15) is 6.33 Å². The molecule has 1 heterocycles. The zero-order valence-corrected chi connectivity index (χ0v) is 19.3. The van der Waals surface area contributed by atoms with Gasteiger partial charge in [0, 0.05) is 13.1 Å². The number of carboxylic acids is 1. The molecule has 0 unspecified atom stereocenters. The number of aliphatic carboxylic acids is 1. The fraction of sp³-hybridized carbons (Fsp3) is 0.500. The summed E-state index contributed by atoms with van der Waals surface area (Å²) in [4.78, 5) is 34.9. The van der Waals surface area contributed by atoms with E-state index < -0.39 is 17.4 Å². The summed E-state index contributed by atoms with van der Waals surface area (Å²) >= 11 is 0. The standard InChI is InChI=1S/C24H33N5O3/c1-16(2)13-29(14-17(3)4)21-7-6-18(24(22(30)31)8-5-9-24)10-20(21)28-23(32)27-19-11-25-15-26-12-19/h6-7,10-12,15-17H,5,8-9,13-14H2,1-4H3,(H,30,31)(H2,27,28,32). The summed E-state index contributed by atoms with van der Waals surface area (Å²) < 4.78 is 0. The van der Waals surface area contributed by atoms with Crippen LogP contribution in [0, 0.1) is 11.8 Å². The summed E-state index contributed by atoms with van der Waals surface area (Å²) in [6.07, 6.45) is 6.53. The maximum Gasteiger partial charge on any atom is 0.323 e. The summed E-state index contributed by atoms with van der Waals surface area (Å²) in [5.41, 5.74) is 1.82. The van der Waals surface area contributed by atoms with Crippen molar-refractivity contribution in [1.82, 2.24) is 9.97 Å². The second-order valence-electron chi connectivity index (χ2n) is 9.37. The van der Waals surface area contributed by atoms with E-state index >= 15 is 0 Å². The lowest BCUT2D eigenvalue weighted by molar-refractivity contribution is -0.147. The number of carbonyl (C=O) groups excluding carboxylic acids is 1. The fourth-order valence-electron chi connectivity index (χ4n) is 4.17. The first-order valence-corrected chi connectivity index (χ1v) is 11.2. The van der Waals surface area contributed by atoms with E-state index in [-0.39, 0.29) is 0 Å². The minimum atomic E-state index is -0.875. The summed E-state index contributed by atoms with van der Waals surface area (Å²) in [5, 5.41) is 15.6. The molecular formula is C24H33N5O3. The molecule has 0 atom stereocenters. The van der Waals surface area contributed by atoms with Crippen LogP contribution in [0.15, 0.2) is 36.9 Å². The third-order valence-electron chi connectivity index (χ3n) is 5.74. The number of anilines is 3. The second-order valence-corrected chi connectivity index (χ2v) is 9.37. The number of nitrogens with zero attached hydrogens (tertiary/aromatic N) is 3. The number of hydrogen-bond donors (Lipinski definition) is 3. The van der Waals surface area contributed by atoms with Crippen LogP contribution < -0.4 is 15.5 Å². The molecule has 1 aliphatic carbocycles. The highest BCUT2D eigenvalue weighted by Gasteiger charge is 2.46. The molecule has 1 aliphatic rings. The van der Waals surface area contributed by atoms with Crippen LogP contribution in [0.5, 0.6) is 0 Å². The zero-order valence-electron chi connectivity index (χ0n) is 19.3. The van der Waals surface area contributed by atoms with E-state index in [4.69, 9.17) is 0 Å². The normalized spacial score (nSPS) is 14.7. The first kappa shape index (κ1) is 23.5. The van der Waals surface area contributed by atoms with Gasteiger partial charge in [-0.05, 0) is 42.4 Å². The molecule has 1 saturated carbocycles. The quantitative estimate of drug-likeness (QED) is 0.521. The van der Waals surface area contributed by atoms with Gasteiger partial charge in [0.25, 0.3) is 0 Å². The number of amides is 2. The Balaban J connectivity index is 1.97. The van der Waals surface area contributed by atoms with Crippen molar-refractivity contribution in [1.29, 1.82) is 0 Å². The Morgan fingerprint density at radius 3 is 2.19 bits per heavy atom. The Bertz CT molecular complexity index is 932. The smallest absolute Gasteiger partial charge is 0.323 e. The third kappa shape index (κ3) is 5.36. The van der Waals surface area contributed by atoms with E-state index in [1.54, 1.807) is 0 Å². The van der Waals surface area contributed by atoms with Crippen LogP contribution >= 0.6 is 0 Å². The number of hydrogen-bond acceptors (Lipinski definition) is 5. The number of carbonyl (C=O) groups is 2. The molecule has 0 saturated heterocycles. The zero-order chi connectivity index (χ0) is 23.3. The average Bonchev–Trinajstić information content (AvgIpc) is 2.66. The van der Waals surface area contributed by atoms with E-state index in [0.29, 0.717) is 36.1 Å². The molecule has 8 heteroatoms. The second kappa shape index (κ2) is 9.97. The number of carboxylic acid groups (broad SMARTS) is 1. The van der Waals surface area contributed by atoms with Crippen LogP contribution in [0.2, 0.25) is 0 Å². The minimum absolute atomic E-state index is 0.425. The van der Waals surface area contributed by atoms with Crippen molar-refractivity contribution in [2.75, 3.05) is 28.6 Å². The van der Waals surface area contributed by atoms with Crippen LogP contribution in [0.4, 0.5) is 21.9 Å². The van der Waals surface area contributed by atoms with Gasteiger partial charge in [0.15, 0.2) is 0 Å². The van der Waals surface area contributed by atoms with Gasteiger partial charge in [-0.3, -0.25) is 4.79 Å². The lowest BCUT2D eigenvalue weighted by Crippen LogP contribution is -2.42. The van der Waals surface area contributed by atoms with Gasteiger partial charge in [-0.1, -0.05) is 40.2 Å². The fourth-order valence-corrected chi connectivity index (χ4v) is 4.17. The van der Waals surface area contributed by atoms with Gasteiger partial charge in [0.2, 0.25) is 0 Å². The van der Waals surface area contributed by atoms with Crippen LogP contribution in [0.1, 0.15) is 52.5 Å². The molecule has 3 rings (SSSR count). The van der Waals surface area contributed by atoms with Crippen molar-refractivity contribution in [3.05, 3.63) is 42.5 Å². The monoisotopic (exact) mass is 439 g/mol. The molecule has 0 bridgehead atoms. The Morgan fingerprint density at radius 1 is 1.06 bits per heavy atom. The van der Waals surface area contributed by atoms with E-state index in [1.165, 1.54) is 18.7 Å². The van der Waals surface area contributed by atoms with Crippen molar-refractivity contribution < 1.29 is 14.7 Å². The van der Waals surface area contributed by atoms with Crippen molar-refractivity contribution in [3.63, 3.8) is 0 Å². The molecular weight excluding hydrogens is 406 g/mol. The molecule has 3 N–H and O–H groups in total. The first-order chi connectivity index (χ1) is 15.2. The molecule has 1 aromatic carbocycles. The van der Waals surface area contributed by atoms with Gasteiger partial charge in [-0.25, -0.2) is 14.8 Å². The molecule has 0 aliphatic heterocycles. The van der Waals surface area contributed by atoms with Crippen LogP contribution in [-0.4, -0.2) is 40.2 Å². The van der Waals surface area contributed by atoms with Crippen LogP contribution in [0.3, 0.4) is 0 Å². The number of rotatable bonds is 9. The molecule has 2 aromatic rings. The van der Waals surface area contributed by atoms with Crippen LogP contribution in [0.25, 0.3) is 0 Å². The third-order valence-corrected chi connectivity index (χ3v) is 5.74. The molecule has 172 valence electrons. The van der Waals surface area contributed by atoms with Gasteiger partial charge in [-0.2, -0.15) is 0 Å². The maximum atomic E-state index is 12.8. The highest BCUT2D eigenvalue weighted by Crippen LogP contribution is 2.46. The van der Waals surface area contributed by atoms with E-state index in [1.807, 2.05) is 18.2 Å². The summed E-state index contributed by atoms with van der Waals surface area (Å²) in [6, 6.07) is 5.26. The van der Waals surface area contributed by atoms with Crippen molar-refractivity contribution >= 4 is 29.1 Å². The Kier molecular flexibility index (Phi) is 7.33. The van der Waals surface area contributed by atoms with Gasteiger partial charge >= 0.3 is 12.0 Å². The van der Waals surface area contributed by atoms with E-state index in [2.05, 4.69) is 53.2 Å². The molecule has 8 nitrogen and oxygen atoms in total. The highest BCUT2D eigenvalue weighted by atomic mass is 16.4. The first-order valence-electron chi connectivity index (χ1n) is 11.2. The van der Waals surface area contributed by atoms with E-state index in [9.17, 15) is 14.7 Å². The Hall–Kier alpha value is -3.16. The predicted octanol–water partition coefficient (Wildman–Crippen LogP) is 4.75. The van der Waals surface area contributed by atoms with Gasteiger partial charge in [-0.15, -0.1) is 0 Å².